The number of nitrogen functional groups attached to an aromatic ring is 1. The summed E-state index contributed by atoms with van der Waals surface area (Å²) in [6.07, 6.45) is 4.90. The van der Waals surface area contributed by atoms with E-state index in [-0.39, 0.29) is 11.9 Å². The summed E-state index contributed by atoms with van der Waals surface area (Å²) in [7, 11) is 0. The fraction of sp³-hybridized carbons (Fsp3) is 0.667. The quantitative estimate of drug-likeness (QED) is 0.798. The number of hydrogen-bond acceptors (Lipinski definition) is 6. The van der Waals surface area contributed by atoms with Gasteiger partial charge in [-0.3, -0.25) is 9.69 Å². The summed E-state index contributed by atoms with van der Waals surface area (Å²) in [5.41, 5.74) is 10.9. The van der Waals surface area contributed by atoms with Gasteiger partial charge in [0.25, 0.3) is 0 Å². The molecule has 126 valence electrons. The Morgan fingerprint density at radius 1 is 1.13 bits per heavy atom. The highest BCUT2D eigenvalue weighted by Gasteiger charge is 2.45. The van der Waals surface area contributed by atoms with E-state index in [4.69, 9.17) is 23.1 Å². The van der Waals surface area contributed by atoms with Gasteiger partial charge in [-0.05, 0) is 38.8 Å². The number of hydrogen-bond donors (Lipinski definition) is 2. The number of carbonyl (C=O) groups is 1. The molecule has 2 fully saturated rings. The first kappa shape index (κ1) is 16.3. The normalized spacial score (nSPS) is 22.0. The summed E-state index contributed by atoms with van der Waals surface area (Å²) in [5.74, 6) is 0.661. The average Bonchev–Trinajstić information content (AvgIpc) is 2.54. The minimum atomic E-state index is -0.528. The van der Waals surface area contributed by atoms with Crippen molar-refractivity contribution in [1.29, 1.82) is 0 Å². The third kappa shape index (κ3) is 3.21. The van der Waals surface area contributed by atoms with Crippen molar-refractivity contribution >= 4 is 29.3 Å². The SMILES string of the molecule is NC(=O)C1(N2CCCCC2)CCN(c2cc(Cl)nc(N)n2)CC1. The molecular weight excluding hydrogens is 316 g/mol. The highest BCUT2D eigenvalue weighted by atomic mass is 35.5. The molecule has 0 unspecified atom stereocenters. The number of primary amides is 1. The minimum Gasteiger partial charge on any atom is -0.368 e. The number of rotatable bonds is 3. The Hall–Kier alpha value is -1.60. The number of aromatic nitrogens is 2. The van der Waals surface area contributed by atoms with Gasteiger partial charge in [0.15, 0.2) is 0 Å². The first-order valence-corrected chi connectivity index (χ1v) is 8.49. The van der Waals surface area contributed by atoms with Gasteiger partial charge < -0.3 is 16.4 Å². The molecule has 23 heavy (non-hydrogen) atoms. The molecule has 0 spiro atoms. The Kier molecular flexibility index (Phi) is 4.59. The molecule has 0 saturated carbocycles. The van der Waals surface area contributed by atoms with Crippen molar-refractivity contribution in [1.82, 2.24) is 14.9 Å². The second-order valence-electron chi connectivity index (χ2n) is 6.34. The molecule has 3 rings (SSSR count). The van der Waals surface area contributed by atoms with Gasteiger partial charge >= 0.3 is 0 Å². The highest BCUT2D eigenvalue weighted by Crippen LogP contribution is 2.33. The van der Waals surface area contributed by atoms with Crippen molar-refractivity contribution in [2.45, 2.75) is 37.6 Å². The largest absolute Gasteiger partial charge is 0.368 e. The predicted octanol–water partition coefficient (Wildman–Crippen LogP) is 1.02. The lowest BCUT2D eigenvalue weighted by Gasteiger charge is -2.48. The Labute approximate surface area is 141 Å². The summed E-state index contributed by atoms with van der Waals surface area (Å²) in [4.78, 5) is 24.7. The molecular formula is C15H23ClN6O. The van der Waals surface area contributed by atoms with Gasteiger partial charge in [0.05, 0.1) is 0 Å². The molecule has 1 aromatic rings. The Morgan fingerprint density at radius 3 is 2.35 bits per heavy atom. The molecule has 2 aliphatic rings. The van der Waals surface area contributed by atoms with Gasteiger partial charge in [-0.2, -0.15) is 4.98 Å². The van der Waals surface area contributed by atoms with E-state index < -0.39 is 5.54 Å². The van der Waals surface area contributed by atoms with Crippen LogP contribution in [0.5, 0.6) is 0 Å². The molecule has 1 aromatic heterocycles. The van der Waals surface area contributed by atoms with Crippen LogP contribution in [0, 0.1) is 0 Å². The molecule has 0 aliphatic carbocycles. The van der Waals surface area contributed by atoms with E-state index in [0.717, 1.165) is 25.9 Å². The smallest absolute Gasteiger partial charge is 0.238 e. The first-order chi connectivity index (χ1) is 11.0. The maximum atomic E-state index is 12.2. The second-order valence-corrected chi connectivity index (χ2v) is 6.72. The predicted molar refractivity (Wildman–Crippen MR) is 90.3 cm³/mol. The van der Waals surface area contributed by atoms with Gasteiger partial charge in [-0.1, -0.05) is 18.0 Å². The zero-order chi connectivity index (χ0) is 16.4. The number of nitrogens with zero attached hydrogens (tertiary/aromatic N) is 4. The second kappa shape index (κ2) is 6.49. The van der Waals surface area contributed by atoms with Crippen molar-refractivity contribution in [3.8, 4) is 0 Å². The summed E-state index contributed by atoms with van der Waals surface area (Å²) < 4.78 is 0. The molecule has 4 N–H and O–H groups in total. The lowest BCUT2D eigenvalue weighted by atomic mass is 9.83. The van der Waals surface area contributed by atoms with Crippen LogP contribution in [0.2, 0.25) is 5.15 Å². The molecule has 2 aliphatic heterocycles. The monoisotopic (exact) mass is 338 g/mol. The molecule has 2 saturated heterocycles. The molecule has 3 heterocycles. The van der Waals surface area contributed by atoms with Crippen LogP contribution in [0.15, 0.2) is 6.07 Å². The Bertz CT molecular complexity index is 561. The molecule has 0 radical (unpaired) electrons. The number of amides is 1. The topological polar surface area (TPSA) is 101 Å². The Balaban J connectivity index is 1.75. The summed E-state index contributed by atoms with van der Waals surface area (Å²) in [6, 6.07) is 1.70. The van der Waals surface area contributed by atoms with E-state index in [1.807, 2.05) is 0 Å². The third-order valence-corrected chi connectivity index (χ3v) is 5.23. The van der Waals surface area contributed by atoms with Crippen molar-refractivity contribution in [2.24, 2.45) is 5.73 Å². The van der Waals surface area contributed by atoms with Crippen molar-refractivity contribution < 1.29 is 4.79 Å². The lowest BCUT2D eigenvalue weighted by Crippen LogP contribution is -2.63. The number of nitrogens with two attached hydrogens (primary N) is 2. The summed E-state index contributed by atoms with van der Waals surface area (Å²) in [6.45, 7) is 3.31. The van der Waals surface area contributed by atoms with Crippen LogP contribution in [-0.2, 0) is 4.79 Å². The van der Waals surface area contributed by atoms with Gasteiger partial charge in [0, 0.05) is 19.2 Å². The van der Waals surface area contributed by atoms with Crippen LogP contribution in [0.1, 0.15) is 32.1 Å². The van der Waals surface area contributed by atoms with Crippen molar-refractivity contribution in [3.63, 3.8) is 0 Å². The summed E-state index contributed by atoms with van der Waals surface area (Å²) in [5, 5.41) is 0.329. The van der Waals surface area contributed by atoms with Gasteiger partial charge in [0.1, 0.15) is 16.5 Å². The molecule has 1 amide bonds. The molecule has 0 bridgehead atoms. The molecule has 8 heteroatoms. The zero-order valence-corrected chi connectivity index (χ0v) is 13.9. The highest BCUT2D eigenvalue weighted by molar-refractivity contribution is 6.29. The lowest BCUT2D eigenvalue weighted by molar-refractivity contribution is -0.132. The minimum absolute atomic E-state index is 0.162. The number of carbonyl (C=O) groups excluding carboxylic acids is 1. The van der Waals surface area contributed by atoms with Crippen molar-refractivity contribution in [3.05, 3.63) is 11.2 Å². The number of piperidine rings is 2. The first-order valence-electron chi connectivity index (χ1n) is 8.11. The van der Waals surface area contributed by atoms with E-state index in [1.165, 1.54) is 6.42 Å². The van der Waals surface area contributed by atoms with Crippen LogP contribution < -0.4 is 16.4 Å². The van der Waals surface area contributed by atoms with Crippen LogP contribution in [-0.4, -0.2) is 52.5 Å². The number of likely N-dealkylation sites (tertiary alicyclic amines) is 1. The molecule has 0 atom stereocenters. The fourth-order valence-corrected chi connectivity index (χ4v) is 3.92. The third-order valence-electron chi connectivity index (χ3n) is 5.03. The van der Waals surface area contributed by atoms with Crippen LogP contribution in [0.3, 0.4) is 0 Å². The van der Waals surface area contributed by atoms with Gasteiger partial charge in [-0.15, -0.1) is 0 Å². The molecule has 0 aromatic carbocycles. The average molecular weight is 339 g/mol. The van der Waals surface area contributed by atoms with Crippen molar-refractivity contribution in [2.75, 3.05) is 36.8 Å². The number of halogens is 1. The van der Waals surface area contributed by atoms with Gasteiger partial charge in [-0.25, -0.2) is 4.98 Å². The van der Waals surface area contributed by atoms with E-state index >= 15 is 0 Å². The van der Waals surface area contributed by atoms with Gasteiger partial charge in [0.2, 0.25) is 11.9 Å². The van der Waals surface area contributed by atoms with Crippen LogP contribution in [0.25, 0.3) is 0 Å². The van der Waals surface area contributed by atoms with E-state index in [9.17, 15) is 4.79 Å². The van der Waals surface area contributed by atoms with E-state index in [2.05, 4.69) is 19.8 Å². The summed E-state index contributed by atoms with van der Waals surface area (Å²) >= 11 is 5.96. The Morgan fingerprint density at radius 2 is 1.78 bits per heavy atom. The standard InChI is InChI=1S/C15H23ClN6O/c16-11-10-12(20-14(18)19-11)21-8-4-15(5-9-21,13(17)23)22-6-2-1-3-7-22/h10H,1-9H2,(H2,17,23)(H2,18,19,20). The van der Waals surface area contributed by atoms with Crippen LogP contribution in [0.4, 0.5) is 11.8 Å². The van der Waals surface area contributed by atoms with Crippen LogP contribution >= 0.6 is 11.6 Å². The maximum absolute atomic E-state index is 12.2. The molecule has 7 nitrogen and oxygen atoms in total. The van der Waals surface area contributed by atoms with E-state index in [0.29, 0.717) is 36.9 Å². The van der Waals surface area contributed by atoms with E-state index in [1.54, 1.807) is 6.07 Å². The zero-order valence-electron chi connectivity index (χ0n) is 13.2. The maximum Gasteiger partial charge on any atom is 0.238 e. The fourth-order valence-electron chi connectivity index (χ4n) is 3.73. The number of anilines is 2.